The fourth-order valence-corrected chi connectivity index (χ4v) is 2.76. The molecule has 1 aromatic heterocycles. The van der Waals surface area contributed by atoms with Gasteiger partial charge in [0.05, 0.1) is 4.88 Å². The maximum absolute atomic E-state index is 11.7. The van der Waals surface area contributed by atoms with Gasteiger partial charge in [0.15, 0.2) is 11.5 Å². The first-order valence-electron chi connectivity index (χ1n) is 5.07. The molecule has 4 heteroatoms. The summed E-state index contributed by atoms with van der Waals surface area (Å²) in [7, 11) is 0. The molecule has 0 atom stereocenters. The van der Waals surface area contributed by atoms with Crippen molar-refractivity contribution in [2.24, 2.45) is 5.16 Å². The third kappa shape index (κ3) is 1.51. The summed E-state index contributed by atoms with van der Waals surface area (Å²) in [6, 6.07) is 10.0. The van der Waals surface area contributed by atoms with Crippen LogP contribution >= 0.6 is 11.3 Å². The Balaban J connectivity index is 2.12. The Morgan fingerprint density at radius 3 is 3.00 bits per heavy atom. The number of hydrogen-bond donors (Lipinski definition) is 0. The molecule has 80 valence electrons. The minimum absolute atomic E-state index is 0.0674. The van der Waals surface area contributed by atoms with Crippen LogP contribution in [0.15, 0.2) is 35.5 Å². The molecular formula is C12H9NO2S. The lowest BCUT2D eigenvalue weighted by molar-refractivity contribution is -0.115. The lowest BCUT2D eigenvalue weighted by Gasteiger charge is -2.08. The summed E-state index contributed by atoms with van der Waals surface area (Å²) in [4.78, 5) is 17.5. The molecule has 2 aromatic rings. The molecule has 0 N–H and O–H groups in total. The Morgan fingerprint density at radius 2 is 2.19 bits per heavy atom. The number of hydrogen-bond acceptors (Lipinski definition) is 4. The number of oxime groups is 1. The quantitative estimate of drug-likeness (QED) is 0.756. The second-order valence-corrected chi connectivity index (χ2v) is 4.68. The average Bonchev–Trinajstić information content (AvgIpc) is 2.73. The number of benzene rings is 1. The third-order valence-electron chi connectivity index (χ3n) is 2.50. The molecule has 0 saturated carbocycles. The van der Waals surface area contributed by atoms with E-state index in [1.165, 1.54) is 4.70 Å². The van der Waals surface area contributed by atoms with Gasteiger partial charge in [-0.25, -0.2) is 0 Å². The zero-order valence-electron chi connectivity index (χ0n) is 8.47. The van der Waals surface area contributed by atoms with Gasteiger partial charge in [0.25, 0.3) is 0 Å². The maximum atomic E-state index is 11.7. The van der Waals surface area contributed by atoms with Crippen molar-refractivity contribution in [3.05, 3.63) is 35.2 Å². The number of ketones is 1. The van der Waals surface area contributed by atoms with Crippen LogP contribution in [0.3, 0.4) is 0 Å². The second-order valence-electron chi connectivity index (χ2n) is 3.59. The van der Waals surface area contributed by atoms with Crippen molar-refractivity contribution in [2.75, 3.05) is 6.61 Å². The Morgan fingerprint density at radius 1 is 1.31 bits per heavy atom. The monoisotopic (exact) mass is 231 g/mol. The summed E-state index contributed by atoms with van der Waals surface area (Å²) < 4.78 is 1.17. The van der Waals surface area contributed by atoms with E-state index >= 15 is 0 Å². The van der Waals surface area contributed by atoms with E-state index in [1.54, 1.807) is 11.3 Å². The maximum Gasteiger partial charge on any atom is 0.189 e. The Kier molecular flexibility index (Phi) is 2.22. The van der Waals surface area contributed by atoms with E-state index in [0.29, 0.717) is 18.7 Å². The Labute approximate surface area is 96.3 Å². The lowest BCUT2D eigenvalue weighted by atomic mass is 10.1. The van der Waals surface area contributed by atoms with Crippen LogP contribution in [0.2, 0.25) is 0 Å². The van der Waals surface area contributed by atoms with Gasteiger partial charge in [-0.3, -0.25) is 4.79 Å². The van der Waals surface area contributed by atoms with Gasteiger partial charge in [-0.05, 0) is 17.5 Å². The largest absolute Gasteiger partial charge is 0.395 e. The zero-order chi connectivity index (χ0) is 11.0. The summed E-state index contributed by atoms with van der Waals surface area (Å²) in [6.07, 6.45) is 0.424. The number of thiophene rings is 1. The van der Waals surface area contributed by atoms with Crippen molar-refractivity contribution in [3.8, 4) is 0 Å². The zero-order valence-corrected chi connectivity index (χ0v) is 9.29. The van der Waals surface area contributed by atoms with E-state index in [9.17, 15) is 4.79 Å². The molecule has 1 aromatic carbocycles. The highest BCUT2D eigenvalue weighted by atomic mass is 32.1. The molecule has 0 radical (unpaired) electrons. The summed E-state index contributed by atoms with van der Waals surface area (Å²) in [5, 5.41) is 5.00. The molecule has 1 aliphatic heterocycles. The summed E-state index contributed by atoms with van der Waals surface area (Å²) in [5.74, 6) is 0.0674. The predicted octanol–water partition coefficient (Wildman–Crippen LogP) is 2.59. The molecule has 3 rings (SSSR count). The first-order valence-corrected chi connectivity index (χ1v) is 5.88. The normalized spacial score (nSPS) is 16.0. The van der Waals surface area contributed by atoms with Gasteiger partial charge in [-0.15, -0.1) is 11.3 Å². The Hall–Kier alpha value is -1.68. The van der Waals surface area contributed by atoms with Crippen molar-refractivity contribution in [2.45, 2.75) is 6.42 Å². The van der Waals surface area contributed by atoms with E-state index in [1.807, 2.05) is 30.3 Å². The molecule has 0 bridgehead atoms. The van der Waals surface area contributed by atoms with E-state index in [-0.39, 0.29) is 5.78 Å². The molecule has 1 aliphatic rings. The molecule has 16 heavy (non-hydrogen) atoms. The highest BCUT2D eigenvalue weighted by Gasteiger charge is 2.20. The number of fused-ring (bicyclic) bond motifs is 1. The smallest absolute Gasteiger partial charge is 0.189 e. The van der Waals surface area contributed by atoms with E-state index < -0.39 is 0 Å². The van der Waals surface area contributed by atoms with Gasteiger partial charge in [0, 0.05) is 11.1 Å². The lowest BCUT2D eigenvalue weighted by Crippen LogP contribution is -2.20. The van der Waals surface area contributed by atoms with Crippen LogP contribution in [-0.4, -0.2) is 18.1 Å². The van der Waals surface area contributed by atoms with Crippen molar-refractivity contribution in [3.63, 3.8) is 0 Å². The number of carbonyl (C=O) groups excluding carboxylic acids is 1. The van der Waals surface area contributed by atoms with Crippen molar-refractivity contribution in [1.82, 2.24) is 0 Å². The molecule has 0 fully saturated rings. The van der Waals surface area contributed by atoms with Gasteiger partial charge < -0.3 is 4.84 Å². The minimum atomic E-state index is 0.0674. The van der Waals surface area contributed by atoms with Crippen molar-refractivity contribution < 1.29 is 9.63 Å². The topological polar surface area (TPSA) is 38.7 Å². The Bertz CT molecular complexity index is 552. The first kappa shape index (κ1) is 9.54. The molecule has 0 unspecified atom stereocenters. The molecule has 0 saturated heterocycles. The van der Waals surface area contributed by atoms with E-state index in [4.69, 9.17) is 4.84 Å². The molecular weight excluding hydrogens is 222 g/mol. The van der Waals surface area contributed by atoms with Gasteiger partial charge >= 0.3 is 0 Å². The third-order valence-corrected chi connectivity index (χ3v) is 3.62. The van der Waals surface area contributed by atoms with Gasteiger partial charge in [-0.2, -0.15) is 0 Å². The summed E-state index contributed by atoms with van der Waals surface area (Å²) in [6.45, 7) is 0.396. The summed E-state index contributed by atoms with van der Waals surface area (Å²) in [5.41, 5.74) is 0.465. The van der Waals surface area contributed by atoms with Crippen LogP contribution in [0, 0.1) is 0 Å². The van der Waals surface area contributed by atoms with E-state index in [2.05, 4.69) is 5.16 Å². The van der Waals surface area contributed by atoms with Gasteiger partial charge in [-0.1, -0.05) is 23.4 Å². The van der Waals surface area contributed by atoms with Crippen molar-refractivity contribution in [1.29, 1.82) is 0 Å². The van der Waals surface area contributed by atoms with Crippen LogP contribution in [0.1, 0.15) is 11.3 Å². The SMILES string of the molecule is O=C1CCON=C1c1cc2ccccc2s1. The first-order chi connectivity index (χ1) is 7.84. The van der Waals surface area contributed by atoms with Gasteiger partial charge in [0.2, 0.25) is 0 Å². The highest BCUT2D eigenvalue weighted by molar-refractivity contribution is 7.21. The van der Waals surface area contributed by atoms with Crippen LogP contribution in [-0.2, 0) is 9.63 Å². The predicted molar refractivity (Wildman–Crippen MR) is 63.9 cm³/mol. The van der Waals surface area contributed by atoms with E-state index in [0.717, 1.165) is 10.3 Å². The molecule has 0 amide bonds. The van der Waals surface area contributed by atoms with Crippen LogP contribution in [0.5, 0.6) is 0 Å². The number of Topliss-reactive ketones (excluding diaryl/α,β-unsaturated/α-hetero) is 1. The number of carbonyl (C=O) groups is 1. The highest BCUT2D eigenvalue weighted by Crippen LogP contribution is 2.26. The minimum Gasteiger partial charge on any atom is -0.395 e. The second kappa shape index (κ2) is 3.72. The molecule has 0 spiro atoms. The number of nitrogens with zero attached hydrogens (tertiary/aromatic N) is 1. The molecule has 2 heterocycles. The molecule has 3 nitrogen and oxygen atoms in total. The summed E-state index contributed by atoms with van der Waals surface area (Å²) >= 11 is 1.58. The fourth-order valence-electron chi connectivity index (χ4n) is 1.70. The van der Waals surface area contributed by atoms with Crippen molar-refractivity contribution >= 4 is 32.9 Å². The van der Waals surface area contributed by atoms with Crippen LogP contribution in [0.4, 0.5) is 0 Å². The fraction of sp³-hybridized carbons (Fsp3) is 0.167. The van der Waals surface area contributed by atoms with Crippen LogP contribution in [0.25, 0.3) is 10.1 Å². The van der Waals surface area contributed by atoms with Crippen LogP contribution < -0.4 is 0 Å². The molecule has 0 aliphatic carbocycles. The standard InChI is InChI=1S/C12H9NO2S/c14-9-5-6-15-13-12(9)11-7-8-3-1-2-4-10(8)16-11/h1-4,7H,5-6H2. The van der Waals surface area contributed by atoms with Gasteiger partial charge in [0.1, 0.15) is 6.61 Å². The average molecular weight is 231 g/mol. The number of rotatable bonds is 1.